The molecule has 0 saturated carbocycles. The largest absolute Gasteiger partial charge is 0.397 e. The van der Waals surface area contributed by atoms with E-state index in [1.807, 2.05) is 18.2 Å². The Morgan fingerprint density at radius 3 is 2.90 bits per heavy atom. The fourth-order valence-corrected chi connectivity index (χ4v) is 2.54. The van der Waals surface area contributed by atoms with Crippen molar-refractivity contribution in [1.82, 2.24) is 9.97 Å². The highest BCUT2D eigenvalue weighted by molar-refractivity contribution is 7.16. The van der Waals surface area contributed by atoms with Crippen LogP contribution >= 0.6 is 11.3 Å². The molecule has 3 aromatic rings. The monoisotopic (exact) mass is 285 g/mol. The molecule has 100 valence electrons. The van der Waals surface area contributed by atoms with Gasteiger partial charge in [0.2, 0.25) is 0 Å². The van der Waals surface area contributed by atoms with E-state index in [1.54, 1.807) is 16.8 Å². The maximum atomic E-state index is 11.2. The smallest absolute Gasteiger partial charge is 0.250 e. The molecule has 0 unspecified atom stereocenters. The maximum absolute atomic E-state index is 11.2. The first-order valence-electron chi connectivity index (χ1n) is 5.79. The van der Waals surface area contributed by atoms with Crippen LogP contribution in [0, 0.1) is 0 Å². The van der Waals surface area contributed by atoms with Crippen LogP contribution in [0.1, 0.15) is 10.4 Å². The summed E-state index contributed by atoms with van der Waals surface area (Å²) < 4.78 is 1.07. The van der Waals surface area contributed by atoms with Crippen LogP contribution in [-0.2, 0) is 0 Å². The second-order valence-electron chi connectivity index (χ2n) is 4.18. The minimum Gasteiger partial charge on any atom is -0.397 e. The third-order valence-corrected chi connectivity index (χ3v) is 3.60. The number of rotatable bonds is 3. The van der Waals surface area contributed by atoms with Gasteiger partial charge < -0.3 is 16.8 Å². The lowest BCUT2D eigenvalue weighted by atomic mass is 10.2. The van der Waals surface area contributed by atoms with E-state index < -0.39 is 5.91 Å². The zero-order chi connectivity index (χ0) is 14.1. The molecule has 7 heteroatoms. The molecule has 0 aliphatic heterocycles. The van der Waals surface area contributed by atoms with Crippen molar-refractivity contribution in [3.05, 3.63) is 41.5 Å². The van der Waals surface area contributed by atoms with Gasteiger partial charge in [0, 0.05) is 5.69 Å². The Labute approximate surface area is 118 Å². The van der Waals surface area contributed by atoms with Crippen LogP contribution in [0.5, 0.6) is 0 Å². The van der Waals surface area contributed by atoms with E-state index in [2.05, 4.69) is 15.3 Å². The summed E-state index contributed by atoms with van der Waals surface area (Å²) in [6.07, 6.45) is 1.41. The summed E-state index contributed by atoms with van der Waals surface area (Å²) in [6, 6.07) is 7.31. The molecule has 20 heavy (non-hydrogen) atoms. The average Bonchev–Trinajstić information content (AvgIpc) is 2.88. The number of fused-ring (bicyclic) bond motifs is 1. The number of thiazole rings is 1. The minimum atomic E-state index is -0.578. The van der Waals surface area contributed by atoms with Crippen molar-refractivity contribution in [2.24, 2.45) is 5.73 Å². The molecule has 0 aliphatic carbocycles. The molecule has 0 atom stereocenters. The number of amides is 1. The van der Waals surface area contributed by atoms with E-state index in [4.69, 9.17) is 11.5 Å². The summed E-state index contributed by atoms with van der Waals surface area (Å²) in [7, 11) is 0. The van der Waals surface area contributed by atoms with Gasteiger partial charge in [-0.2, -0.15) is 0 Å². The van der Waals surface area contributed by atoms with Crippen LogP contribution in [0.4, 0.5) is 17.2 Å². The predicted molar refractivity (Wildman–Crippen MR) is 80.1 cm³/mol. The number of carbonyl (C=O) groups excluding carboxylic acids is 1. The van der Waals surface area contributed by atoms with E-state index in [9.17, 15) is 4.79 Å². The second kappa shape index (κ2) is 4.78. The van der Waals surface area contributed by atoms with Crippen molar-refractivity contribution < 1.29 is 4.79 Å². The summed E-state index contributed by atoms with van der Waals surface area (Å²) in [5.41, 5.74) is 15.0. The van der Waals surface area contributed by atoms with Crippen molar-refractivity contribution in [3.8, 4) is 0 Å². The van der Waals surface area contributed by atoms with E-state index in [1.165, 1.54) is 12.3 Å². The SMILES string of the molecule is NC(=O)c1cc(Nc2ccc3ncsc3c2)ncc1N. The summed E-state index contributed by atoms with van der Waals surface area (Å²) in [6.45, 7) is 0. The molecule has 0 fully saturated rings. The molecule has 1 aromatic carbocycles. The number of anilines is 3. The highest BCUT2D eigenvalue weighted by Gasteiger charge is 2.08. The zero-order valence-electron chi connectivity index (χ0n) is 10.3. The molecule has 0 aliphatic rings. The molecule has 0 spiro atoms. The summed E-state index contributed by atoms with van der Waals surface area (Å²) in [5, 5.41) is 3.11. The molecule has 5 N–H and O–H groups in total. The number of nitrogen functional groups attached to an aromatic ring is 1. The zero-order valence-corrected chi connectivity index (χ0v) is 11.1. The number of benzene rings is 1. The first kappa shape index (κ1) is 12.4. The van der Waals surface area contributed by atoms with Gasteiger partial charge in [0.05, 0.1) is 33.2 Å². The highest BCUT2D eigenvalue weighted by Crippen LogP contribution is 2.24. The summed E-state index contributed by atoms with van der Waals surface area (Å²) >= 11 is 1.56. The van der Waals surface area contributed by atoms with E-state index in [0.29, 0.717) is 5.82 Å². The molecule has 0 saturated heterocycles. The quantitative estimate of drug-likeness (QED) is 0.683. The number of nitrogens with zero attached hydrogens (tertiary/aromatic N) is 2. The average molecular weight is 285 g/mol. The van der Waals surface area contributed by atoms with Crippen LogP contribution in [-0.4, -0.2) is 15.9 Å². The molecule has 0 bridgehead atoms. The Morgan fingerprint density at radius 2 is 2.10 bits per heavy atom. The lowest BCUT2D eigenvalue weighted by Gasteiger charge is -2.08. The van der Waals surface area contributed by atoms with Gasteiger partial charge in [0.15, 0.2) is 0 Å². The molecule has 2 aromatic heterocycles. The third kappa shape index (κ3) is 2.26. The van der Waals surface area contributed by atoms with E-state index in [0.717, 1.165) is 15.9 Å². The summed E-state index contributed by atoms with van der Waals surface area (Å²) in [4.78, 5) is 19.6. The van der Waals surface area contributed by atoms with Crippen molar-refractivity contribution in [2.45, 2.75) is 0 Å². The van der Waals surface area contributed by atoms with Gasteiger partial charge >= 0.3 is 0 Å². The molecule has 6 nitrogen and oxygen atoms in total. The van der Waals surface area contributed by atoms with Crippen molar-refractivity contribution >= 4 is 44.7 Å². The first-order valence-corrected chi connectivity index (χ1v) is 6.67. The lowest BCUT2D eigenvalue weighted by molar-refractivity contribution is 0.100. The van der Waals surface area contributed by atoms with Gasteiger partial charge in [-0.3, -0.25) is 4.79 Å². The molecule has 3 rings (SSSR count). The number of pyridine rings is 1. The Morgan fingerprint density at radius 1 is 1.25 bits per heavy atom. The predicted octanol–water partition coefficient (Wildman–Crippen LogP) is 2.12. The minimum absolute atomic E-state index is 0.251. The number of nitrogens with two attached hydrogens (primary N) is 2. The van der Waals surface area contributed by atoms with Gasteiger partial charge in [0.25, 0.3) is 5.91 Å². The van der Waals surface area contributed by atoms with Gasteiger partial charge in [0.1, 0.15) is 5.82 Å². The van der Waals surface area contributed by atoms with Crippen LogP contribution in [0.15, 0.2) is 36.0 Å². The number of nitrogens with one attached hydrogen (secondary N) is 1. The Bertz CT molecular complexity index is 798. The fraction of sp³-hybridized carbons (Fsp3) is 0. The van der Waals surface area contributed by atoms with Crippen LogP contribution in [0.25, 0.3) is 10.2 Å². The first-order chi connectivity index (χ1) is 9.63. The number of aromatic nitrogens is 2. The third-order valence-electron chi connectivity index (χ3n) is 2.80. The Balaban J connectivity index is 1.94. The topological polar surface area (TPSA) is 107 Å². The van der Waals surface area contributed by atoms with Gasteiger partial charge in [-0.05, 0) is 24.3 Å². The molecule has 2 heterocycles. The van der Waals surface area contributed by atoms with E-state index >= 15 is 0 Å². The molecule has 0 radical (unpaired) electrons. The van der Waals surface area contributed by atoms with Crippen molar-refractivity contribution in [1.29, 1.82) is 0 Å². The van der Waals surface area contributed by atoms with Crippen LogP contribution in [0.3, 0.4) is 0 Å². The standard InChI is InChI=1S/C13H11N5OS/c14-9-5-16-12(4-8(9)13(15)19)18-7-1-2-10-11(3-7)20-6-17-10/h1-6H,14H2,(H2,15,19)(H,16,18). The highest BCUT2D eigenvalue weighted by atomic mass is 32.1. The van der Waals surface area contributed by atoms with Crippen LogP contribution < -0.4 is 16.8 Å². The molecular weight excluding hydrogens is 274 g/mol. The Kier molecular flexibility index (Phi) is 2.96. The second-order valence-corrected chi connectivity index (χ2v) is 5.07. The van der Waals surface area contributed by atoms with E-state index in [-0.39, 0.29) is 11.3 Å². The number of hydrogen-bond donors (Lipinski definition) is 3. The number of primary amides is 1. The van der Waals surface area contributed by atoms with Crippen molar-refractivity contribution in [2.75, 3.05) is 11.1 Å². The van der Waals surface area contributed by atoms with Crippen LogP contribution in [0.2, 0.25) is 0 Å². The van der Waals surface area contributed by atoms with Crippen molar-refractivity contribution in [3.63, 3.8) is 0 Å². The molecular formula is C13H11N5OS. The maximum Gasteiger partial charge on any atom is 0.250 e. The summed E-state index contributed by atoms with van der Waals surface area (Å²) in [5.74, 6) is -0.0669. The van der Waals surface area contributed by atoms with Gasteiger partial charge in [-0.25, -0.2) is 9.97 Å². The normalized spacial score (nSPS) is 10.6. The lowest BCUT2D eigenvalue weighted by Crippen LogP contribution is -2.14. The molecule has 1 amide bonds. The number of hydrogen-bond acceptors (Lipinski definition) is 6. The fourth-order valence-electron chi connectivity index (χ4n) is 1.83. The number of carbonyl (C=O) groups is 1. The Hall–Kier alpha value is -2.67. The van der Waals surface area contributed by atoms with Gasteiger partial charge in [-0.1, -0.05) is 0 Å². The van der Waals surface area contributed by atoms with Gasteiger partial charge in [-0.15, -0.1) is 11.3 Å².